The molecule has 0 aliphatic carbocycles. The van der Waals surface area contributed by atoms with Gasteiger partial charge < -0.3 is 8.54 Å². The molecule has 1 atom stereocenters. The van der Waals surface area contributed by atoms with Gasteiger partial charge in [-0.1, -0.05) is 6.92 Å². The van der Waals surface area contributed by atoms with Crippen molar-refractivity contribution in [1.29, 1.82) is 0 Å². The van der Waals surface area contributed by atoms with Gasteiger partial charge in [0.1, 0.15) is 10.5 Å². The summed E-state index contributed by atoms with van der Waals surface area (Å²) < 4.78 is 11.4. The quantitative estimate of drug-likeness (QED) is 0.616. The Bertz CT molecular complexity index is 135. The average Bonchev–Trinajstić information content (AvgIpc) is 1.84. The van der Waals surface area contributed by atoms with Gasteiger partial charge in [0.15, 0.2) is 18.1 Å². The lowest BCUT2D eigenvalue weighted by molar-refractivity contribution is 0.156. The molecule has 0 bridgehead atoms. The summed E-state index contributed by atoms with van der Waals surface area (Å²) in [6, 6.07) is 0. The Morgan fingerprint density at radius 1 is 1.50 bits per heavy atom. The van der Waals surface area contributed by atoms with Crippen molar-refractivity contribution in [1.82, 2.24) is 0 Å². The second-order valence-electron chi connectivity index (χ2n) is 4.35. The van der Waals surface area contributed by atoms with E-state index in [1.807, 2.05) is 0 Å². The maximum atomic E-state index is 6.05. The lowest BCUT2D eigenvalue weighted by atomic mass is 10.3. The molecule has 0 aliphatic heterocycles. The zero-order chi connectivity index (χ0) is 9.83. The lowest BCUT2D eigenvalue weighted by Crippen LogP contribution is -2.45. The molecule has 0 fully saturated rings. The molecule has 0 aromatic rings. The highest BCUT2D eigenvalue weighted by molar-refractivity contribution is 6.70. The van der Waals surface area contributed by atoms with E-state index in [1.165, 1.54) is 0 Å². The van der Waals surface area contributed by atoms with Gasteiger partial charge in [-0.3, -0.25) is 0 Å². The summed E-state index contributed by atoms with van der Waals surface area (Å²) in [5.74, 6) is 0. The van der Waals surface area contributed by atoms with Crippen LogP contribution < -0.4 is 0 Å². The van der Waals surface area contributed by atoms with E-state index >= 15 is 0 Å². The van der Waals surface area contributed by atoms with Crippen LogP contribution in [0.25, 0.3) is 0 Å². The molecular weight excluding hydrogens is 200 g/mol. The molecule has 0 amide bonds. The van der Waals surface area contributed by atoms with Gasteiger partial charge in [0, 0.05) is 0 Å². The fourth-order valence-electron chi connectivity index (χ4n) is 1.20. The largest absolute Gasteiger partial charge is 0.466 e. The predicted molar refractivity (Wildman–Crippen MR) is 62.4 cm³/mol. The molecule has 12 heavy (non-hydrogen) atoms. The fraction of sp³-hybridized carbons (Fsp3) is 0.857. The molecule has 0 aromatic heterocycles. The molecule has 0 aliphatic rings. The first-order chi connectivity index (χ1) is 5.33. The van der Waals surface area contributed by atoms with Gasteiger partial charge in [-0.15, -0.1) is 0 Å². The minimum atomic E-state index is -1.42. The number of hydrogen-bond donors (Lipinski definition) is 0. The van der Waals surface area contributed by atoms with Crippen LogP contribution in [-0.4, -0.2) is 33.8 Å². The van der Waals surface area contributed by atoms with E-state index < -0.39 is 18.1 Å². The summed E-state index contributed by atoms with van der Waals surface area (Å²) in [5.41, 5.74) is 0. The van der Waals surface area contributed by atoms with E-state index in [-0.39, 0.29) is 5.22 Å². The van der Waals surface area contributed by atoms with E-state index in [2.05, 4.69) is 33.5 Å². The Morgan fingerprint density at radius 2 is 2.00 bits per heavy atom. The van der Waals surface area contributed by atoms with Crippen molar-refractivity contribution < 1.29 is 8.54 Å². The summed E-state index contributed by atoms with van der Waals surface area (Å²) in [4.78, 5) is 0. The molecule has 0 rings (SSSR count). The second-order valence-corrected chi connectivity index (χ2v) is 12.9. The summed E-state index contributed by atoms with van der Waals surface area (Å²) in [7, 11) is -1.11. The third-order valence-corrected chi connectivity index (χ3v) is 5.19. The molecular formula is C7H21O2Si3. The van der Waals surface area contributed by atoms with Crippen LogP contribution in [0.5, 0.6) is 0 Å². The van der Waals surface area contributed by atoms with E-state index in [9.17, 15) is 0 Å². The molecule has 1 radical (unpaired) electrons. The Balaban J connectivity index is 4.14. The molecule has 2 nitrogen and oxygen atoms in total. The highest BCUT2D eigenvalue weighted by Gasteiger charge is 2.30. The van der Waals surface area contributed by atoms with Crippen molar-refractivity contribution in [2.75, 3.05) is 0 Å². The maximum Gasteiger partial charge on any atom is 0.184 e. The summed E-state index contributed by atoms with van der Waals surface area (Å²) in [6.07, 6.45) is 0.839. The predicted octanol–water partition coefficient (Wildman–Crippen LogP) is 0.159. The molecule has 0 saturated carbocycles. The molecule has 1 unspecified atom stereocenters. The normalized spacial score (nSPS) is 18.8. The smallest absolute Gasteiger partial charge is 0.184 e. The van der Waals surface area contributed by atoms with Crippen molar-refractivity contribution >= 4 is 28.6 Å². The fourth-order valence-corrected chi connectivity index (χ4v) is 6.90. The van der Waals surface area contributed by atoms with E-state index in [4.69, 9.17) is 8.54 Å². The van der Waals surface area contributed by atoms with Gasteiger partial charge in [-0.25, -0.2) is 0 Å². The summed E-state index contributed by atoms with van der Waals surface area (Å²) >= 11 is 0. The van der Waals surface area contributed by atoms with Gasteiger partial charge in [-0.2, -0.15) is 0 Å². The zero-order valence-corrected chi connectivity index (χ0v) is 13.4. The third kappa shape index (κ3) is 5.26. The van der Waals surface area contributed by atoms with Crippen LogP contribution in [0, 0.1) is 6.92 Å². The topological polar surface area (TPSA) is 18.5 Å². The molecule has 0 heterocycles. The van der Waals surface area contributed by atoms with Crippen molar-refractivity contribution in [3.63, 3.8) is 0 Å². The van der Waals surface area contributed by atoms with Crippen LogP contribution in [0.3, 0.4) is 0 Å². The first-order valence-electron chi connectivity index (χ1n) is 4.31. The van der Waals surface area contributed by atoms with Gasteiger partial charge in [-0.05, 0) is 33.0 Å². The van der Waals surface area contributed by atoms with Gasteiger partial charge in [0.2, 0.25) is 0 Å². The van der Waals surface area contributed by atoms with Crippen LogP contribution in [0.1, 0.15) is 13.3 Å². The van der Waals surface area contributed by atoms with E-state index in [1.54, 1.807) is 0 Å². The highest BCUT2D eigenvalue weighted by atomic mass is 28.4. The lowest BCUT2D eigenvalue weighted by Gasteiger charge is -2.34. The minimum absolute atomic E-state index is 0.0216. The van der Waals surface area contributed by atoms with Gasteiger partial charge >= 0.3 is 0 Å². The van der Waals surface area contributed by atoms with Crippen molar-refractivity contribution in [2.45, 2.75) is 38.2 Å². The SMILES string of the molecule is [CH2]CC(C)(O[Si](C)(C)C)[SiH2]O[SiH3]. The third-order valence-electron chi connectivity index (χ3n) is 1.53. The first-order valence-corrected chi connectivity index (χ1v) is 9.82. The summed E-state index contributed by atoms with van der Waals surface area (Å²) in [5, 5.41) is -0.0216. The summed E-state index contributed by atoms with van der Waals surface area (Å²) in [6.45, 7) is 12.7. The first kappa shape index (κ1) is 12.6. The number of hydrogen-bond acceptors (Lipinski definition) is 2. The van der Waals surface area contributed by atoms with E-state index in [0.29, 0.717) is 0 Å². The Hall–Kier alpha value is 0.571. The molecule has 0 spiro atoms. The monoisotopic (exact) mass is 221 g/mol. The molecule has 0 N–H and O–H groups in total. The van der Waals surface area contributed by atoms with E-state index in [0.717, 1.165) is 16.9 Å². The standard InChI is InChI=1S/C7H21O2Si3/c1-6-7(2,11-9-10)8-12(3,4)5/h1,6,11H2,2-5,10H3. The van der Waals surface area contributed by atoms with Gasteiger partial charge in [0.25, 0.3) is 0 Å². The van der Waals surface area contributed by atoms with Crippen LogP contribution in [0.4, 0.5) is 0 Å². The molecule has 0 saturated heterocycles. The van der Waals surface area contributed by atoms with Gasteiger partial charge in [0.05, 0.1) is 5.22 Å². The van der Waals surface area contributed by atoms with Crippen molar-refractivity contribution in [2.24, 2.45) is 0 Å². The Labute approximate surface area is 82.7 Å². The maximum absolute atomic E-state index is 6.05. The van der Waals surface area contributed by atoms with Crippen LogP contribution in [-0.2, 0) is 8.54 Å². The highest BCUT2D eigenvalue weighted by Crippen LogP contribution is 2.19. The van der Waals surface area contributed by atoms with Crippen LogP contribution in [0.15, 0.2) is 0 Å². The zero-order valence-electron chi connectivity index (χ0n) is 8.94. The number of rotatable bonds is 5. The Kier molecular flexibility index (Phi) is 4.93. The van der Waals surface area contributed by atoms with Crippen molar-refractivity contribution in [3.8, 4) is 0 Å². The average molecular weight is 222 g/mol. The van der Waals surface area contributed by atoms with Crippen molar-refractivity contribution in [3.05, 3.63) is 6.92 Å². The second kappa shape index (κ2) is 4.71. The Morgan fingerprint density at radius 3 is 2.25 bits per heavy atom. The molecule has 5 heteroatoms. The molecule has 0 aromatic carbocycles. The van der Waals surface area contributed by atoms with Crippen LogP contribution >= 0.6 is 0 Å². The molecule has 73 valence electrons. The van der Waals surface area contributed by atoms with Crippen LogP contribution in [0.2, 0.25) is 19.6 Å². The minimum Gasteiger partial charge on any atom is -0.466 e.